The minimum Gasteiger partial charge on any atom is -0.494 e. The van der Waals surface area contributed by atoms with Crippen molar-refractivity contribution in [1.29, 1.82) is 0 Å². The molecule has 26 heavy (non-hydrogen) atoms. The molecule has 0 aromatic heterocycles. The number of sulfonamides is 1. The van der Waals surface area contributed by atoms with Gasteiger partial charge in [0.25, 0.3) is 0 Å². The summed E-state index contributed by atoms with van der Waals surface area (Å²) in [6, 6.07) is 12.9. The number of carboxylic acid groups (broad SMARTS) is 1. The molecule has 0 saturated heterocycles. The highest BCUT2D eigenvalue weighted by Crippen LogP contribution is 2.36. The van der Waals surface area contributed by atoms with Crippen molar-refractivity contribution in [3.63, 3.8) is 0 Å². The first-order valence-electron chi connectivity index (χ1n) is 8.47. The molecule has 1 atom stereocenters. The maximum Gasteiger partial charge on any atom is 0.305 e. The average molecular weight is 375 g/mol. The third-order valence-electron chi connectivity index (χ3n) is 4.47. The van der Waals surface area contributed by atoms with Gasteiger partial charge in [-0.2, -0.15) is 4.31 Å². The van der Waals surface area contributed by atoms with E-state index >= 15 is 0 Å². The number of carboxylic acids is 1. The third kappa shape index (κ3) is 3.59. The number of fused-ring (bicyclic) bond motifs is 1. The van der Waals surface area contributed by atoms with Crippen molar-refractivity contribution < 1.29 is 23.1 Å². The summed E-state index contributed by atoms with van der Waals surface area (Å²) in [5, 5.41) is 9.30. The molecule has 0 fully saturated rings. The van der Waals surface area contributed by atoms with E-state index in [4.69, 9.17) is 4.74 Å². The van der Waals surface area contributed by atoms with Crippen LogP contribution in [0.15, 0.2) is 53.4 Å². The molecule has 1 aliphatic rings. The molecule has 6 nitrogen and oxygen atoms in total. The fourth-order valence-corrected chi connectivity index (χ4v) is 4.91. The number of carbonyl (C=O) groups is 1. The maximum atomic E-state index is 13.2. The van der Waals surface area contributed by atoms with E-state index in [1.807, 2.05) is 25.1 Å². The normalized spacial score (nSPS) is 17.5. The summed E-state index contributed by atoms with van der Waals surface area (Å²) < 4.78 is 33.0. The van der Waals surface area contributed by atoms with E-state index in [0.29, 0.717) is 18.8 Å². The molecular formula is C19H21NO5S. The molecule has 1 heterocycles. The van der Waals surface area contributed by atoms with Gasteiger partial charge in [0.2, 0.25) is 10.0 Å². The van der Waals surface area contributed by atoms with Crippen molar-refractivity contribution in [1.82, 2.24) is 4.31 Å². The molecule has 1 aliphatic heterocycles. The van der Waals surface area contributed by atoms with E-state index in [-0.39, 0.29) is 17.9 Å². The van der Waals surface area contributed by atoms with Crippen LogP contribution in [0.1, 0.15) is 30.5 Å². The van der Waals surface area contributed by atoms with Crippen LogP contribution in [-0.2, 0) is 21.2 Å². The molecule has 7 heteroatoms. The van der Waals surface area contributed by atoms with Gasteiger partial charge in [0.1, 0.15) is 5.75 Å². The summed E-state index contributed by atoms with van der Waals surface area (Å²) in [4.78, 5) is 11.5. The summed E-state index contributed by atoms with van der Waals surface area (Å²) in [5.41, 5.74) is 1.76. The molecule has 2 aromatic carbocycles. The highest BCUT2D eigenvalue weighted by molar-refractivity contribution is 7.89. The Morgan fingerprint density at radius 2 is 1.88 bits per heavy atom. The Balaban J connectivity index is 1.98. The minimum absolute atomic E-state index is 0.135. The number of hydrogen-bond acceptors (Lipinski definition) is 4. The predicted molar refractivity (Wildman–Crippen MR) is 96.6 cm³/mol. The van der Waals surface area contributed by atoms with Crippen LogP contribution < -0.4 is 4.74 Å². The van der Waals surface area contributed by atoms with Crippen molar-refractivity contribution in [3.05, 3.63) is 59.7 Å². The number of hydrogen-bond donors (Lipinski definition) is 1. The van der Waals surface area contributed by atoms with Crippen molar-refractivity contribution in [3.8, 4) is 5.75 Å². The lowest BCUT2D eigenvalue weighted by Crippen LogP contribution is -2.40. The second kappa shape index (κ2) is 7.47. The molecular weight excluding hydrogens is 354 g/mol. The topological polar surface area (TPSA) is 83.9 Å². The highest BCUT2D eigenvalue weighted by atomic mass is 32.2. The van der Waals surface area contributed by atoms with Crippen molar-refractivity contribution in [2.24, 2.45) is 0 Å². The molecule has 0 unspecified atom stereocenters. The molecule has 0 amide bonds. The van der Waals surface area contributed by atoms with E-state index in [1.54, 1.807) is 18.2 Å². The summed E-state index contributed by atoms with van der Waals surface area (Å²) in [6.45, 7) is 2.60. The van der Waals surface area contributed by atoms with Gasteiger partial charge in [-0.3, -0.25) is 4.79 Å². The number of benzene rings is 2. The summed E-state index contributed by atoms with van der Waals surface area (Å²) in [5.74, 6) is -0.434. The van der Waals surface area contributed by atoms with E-state index in [0.717, 1.165) is 11.1 Å². The van der Waals surface area contributed by atoms with E-state index in [9.17, 15) is 18.3 Å². The fraction of sp³-hybridized carbons (Fsp3) is 0.316. The van der Waals surface area contributed by atoms with Gasteiger partial charge in [0, 0.05) is 6.54 Å². The lowest BCUT2D eigenvalue weighted by atomic mass is 9.92. The molecule has 0 saturated carbocycles. The van der Waals surface area contributed by atoms with Gasteiger partial charge in [-0.25, -0.2) is 8.42 Å². The first-order chi connectivity index (χ1) is 12.4. The molecule has 0 bridgehead atoms. The van der Waals surface area contributed by atoms with Gasteiger partial charge >= 0.3 is 5.97 Å². The van der Waals surface area contributed by atoms with Gasteiger partial charge < -0.3 is 9.84 Å². The highest BCUT2D eigenvalue weighted by Gasteiger charge is 2.37. The van der Waals surface area contributed by atoms with Crippen LogP contribution in [0, 0.1) is 0 Å². The zero-order valence-corrected chi connectivity index (χ0v) is 15.3. The number of ether oxygens (including phenoxy) is 1. The zero-order chi connectivity index (χ0) is 18.7. The molecule has 0 radical (unpaired) electrons. The second-order valence-corrected chi connectivity index (χ2v) is 7.97. The Labute approximate surface area is 153 Å². The monoisotopic (exact) mass is 375 g/mol. The SMILES string of the molecule is CCOc1ccc(S(=O)(=O)N2CCc3ccccc3[C@H]2CC(=O)O)cc1. The Bertz CT molecular complexity index is 892. The molecule has 3 rings (SSSR count). The number of rotatable bonds is 6. The van der Waals surface area contributed by atoms with Gasteiger partial charge in [0.15, 0.2) is 0 Å². The van der Waals surface area contributed by atoms with E-state index < -0.39 is 22.0 Å². The average Bonchev–Trinajstić information content (AvgIpc) is 2.62. The predicted octanol–water partition coefficient (Wildman–Crippen LogP) is 2.85. The number of nitrogens with zero attached hydrogens (tertiary/aromatic N) is 1. The summed E-state index contributed by atoms with van der Waals surface area (Å²) in [7, 11) is -3.82. The third-order valence-corrected chi connectivity index (χ3v) is 6.39. The Morgan fingerprint density at radius 1 is 1.19 bits per heavy atom. The van der Waals surface area contributed by atoms with E-state index in [2.05, 4.69) is 0 Å². The zero-order valence-electron chi connectivity index (χ0n) is 14.5. The molecule has 1 N–H and O–H groups in total. The van der Waals surface area contributed by atoms with Gasteiger partial charge in [-0.1, -0.05) is 24.3 Å². The van der Waals surface area contributed by atoms with Crippen LogP contribution in [0.3, 0.4) is 0 Å². The fourth-order valence-electron chi connectivity index (χ4n) is 3.30. The second-order valence-electron chi connectivity index (χ2n) is 6.08. The quantitative estimate of drug-likeness (QED) is 0.839. The largest absolute Gasteiger partial charge is 0.494 e. The Hall–Kier alpha value is -2.38. The standard InChI is InChI=1S/C19H21NO5S/c1-2-25-15-7-9-16(10-8-15)26(23,24)20-12-11-14-5-3-4-6-17(14)18(20)13-19(21)22/h3-10,18H,2,11-13H2,1H3,(H,21,22)/t18-/m1/s1. The minimum atomic E-state index is -3.82. The Kier molecular flexibility index (Phi) is 5.29. The van der Waals surface area contributed by atoms with Crippen LogP contribution in [0.4, 0.5) is 0 Å². The summed E-state index contributed by atoms with van der Waals surface area (Å²) in [6.07, 6.45) is 0.288. The summed E-state index contributed by atoms with van der Waals surface area (Å²) >= 11 is 0. The van der Waals surface area contributed by atoms with Gasteiger partial charge in [0.05, 0.1) is 24.0 Å². The van der Waals surface area contributed by atoms with Gasteiger partial charge in [-0.15, -0.1) is 0 Å². The molecule has 2 aromatic rings. The van der Waals surface area contributed by atoms with Crippen molar-refractivity contribution in [2.75, 3.05) is 13.2 Å². The van der Waals surface area contributed by atoms with Crippen LogP contribution in [0.2, 0.25) is 0 Å². The van der Waals surface area contributed by atoms with Crippen molar-refractivity contribution in [2.45, 2.75) is 30.7 Å². The number of aliphatic carboxylic acids is 1. The molecule has 138 valence electrons. The van der Waals surface area contributed by atoms with Crippen molar-refractivity contribution >= 4 is 16.0 Å². The van der Waals surface area contributed by atoms with Crippen LogP contribution in [0.25, 0.3) is 0 Å². The first-order valence-corrected chi connectivity index (χ1v) is 9.91. The van der Waals surface area contributed by atoms with Gasteiger partial charge in [-0.05, 0) is 48.7 Å². The van der Waals surface area contributed by atoms with Crippen LogP contribution in [-0.4, -0.2) is 37.0 Å². The molecule has 0 aliphatic carbocycles. The van der Waals surface area contributed by atoms with E-state index in [1.165, 1.54) is 16.4 Å². The smallest absolute Gasteiger partial charge is 0.305 e. The lowest BCUT2D eigenvalue weighted by Gasteiger charge is -2.35. The Morgan fingerprint density at radius 3 is 2.54 bits per heavy atom. The first kappa shape index (κ1) is 18.4. The van der Waals surface area contributed by atoms with Crippen LogP contribution in [0.5, 0.6) is 5.75 Å². The van der Waals surface area contributed by atoms with Crippen LogP contribution >= 0.6 is 0 Å². The lowest BCUT2D eigenvalue weighted by molar-refractivity contribution is -0.138. The maximum absolute atomic E-state index is 13.2. The molecule has 0 spiro atoms.